The van der Waals surface area contributed by atoms with E-state index in [4.69, 9.17) is 9.37 Å². The molecule has 2 amide bonds. The predicted octanol–water partition coefficient (Wildman–Crippen LogP) is 3.37. The molecule has 2 heterocycles. The third kappa shape index (κ3) is 3.52. The van der Waals surface area contributed by atoms with Crippen LogP contribution in [0.3, 0.4) is 0 Å². The second kappa shape index (κ2) is 7.93. The van der Waals surface area contributed by atoms with Crippen LogP contribution in [0.1, 0.15) is 40.4 Å². The minimum atomic E-state index is -0.909. The van der Waals surface area contributed by atoms with E-state index in [0.29, 0.717) is 6.54 Å². The maximum absolute atomic E-state index is 13.0. The van der Waals surface area contributed by atoms with Crippen LogP contribution in [0.5, 0.6) is 0 Å². The van der Waals surface area contributed by atoms with Gasteiger partial charge in [-0.1, -0.05) is 48.5 Å². The summed E-state index contributed by atoms with van der Waals surface area (Å²) in [4.78, 5) is 38.7. The van der Waals surface area contributed by atoms with Crippen molar-refractivity contribution in [2.75, 3.05) is 25.0 Å². The minimum absolute atomic E-state index is 0.0887. The largest absolute Gasteiger partial charge is 0.481 e. The topological polar surface area (TPSA) is 135 Å². The van der Waals surface area contributed by atoms with Gasteiger partial charge in [0.25, 0.3) is 5.91 Å². The molecule has 10 heteroatoms. The number of benzene rings is 2. The van der Waals surface area contributed by atoms with Crippen molar-refractivity contribution in [1.29, 1.82) is 0 Å². The highest BCUT2D eigenvalue weighted by molar-refractivity contribution is 6.00. The SMILES string of the molecule is O=C(Nc1nonc1C(=O)N1CC(C(=O)O)C2(CC2)C1)OCC1c2ccccc2-c2ccccc21. The predicted molar refractivity (Wildman–Crippen MR) is 122 cm³/mol. The molecule has 2 aromatic carbocycles. The Morgan fingerprint density at radius 3 is 2.31 bits per heavy atom. The highest BCUT2D eigenvalue weighted by Gasteiger charge is 2.59. The molecule has 2 N–H and O–H groups in total. The van der Waals surface area contributed by atoms with Gasteiger partial charge in [0.05, 0.1) is 5.92 Å². The molecule has 2 aliphatic carbocycles. The molecule has 10 nitrogen and oxygen atoms in total. The minimum Gasteiger partial charge on any atom is -0.481 e. The van der Waals surface area contributed by atoms with Gasteiger partial charge in [0, 0.05) is 24.4 Å². The van der Waals surface area contributed by atoms with Gasteiger partial charge in [-0.2, -0.15) is 0 Å². The number of amides is 2. The molecule has 3 aromatic rings. The van der Waals surface area contributed by atoms with Crippen LogP contribution < -0.4 is 5.32 Å². The summed E-state index contributed by atoms with van der Waals surface area (Å²) in [6.45, 7) is 0.523. The Morgan fingerprint density at radius 1 is 1.06 bits per heavy atom. The standard InChI is InChI=1S/C25H22N4O6/c30-22(29-11-19(23(31)32)25(13-29)9-10-25)20-21(28-35-27-20)26-24(33)34-12-18-16-7-3-1-5-14(16)15-6-2-4-8-17(15)18/h1-8,18-19H,9-13H2,(H,31,32)(H,26,28,33). The Labute approximate surface area is 199 Å². The number of carboxylic acid groups (broad SMARTS) is 1. The molecular formula is C25H22N4O6. The molecule has 1 aliphatic heterocycles. The van der Waals surface area contributed by atoms with Gasteiger partial charge < -0.3 is 14.7 Å². The Balaban J connectivity index is 1.13. The Bertz CT molecular complexity index is 1300. The highest BCUT2D eigenvalue weighted by atomic mass is 16.6. The summed E-state index contributed by atoms with van der Waals surface area (Å²) in [6.07, 6.45) is 0.755. The molecule has 1 atom stereocenters. The van der Waals surface area contributed by atoms with E-state index in [1.807, 2.05) is 48.5 Å². The van der Waals surface area contributed by atoms with Crippen LogP contribution in [-0.2, 0) is 9.53 Å². The van der Waals surface area contributed by atoms with Crippen LogP contribution in [0, 0.1) is 11.3 Å². The fourth-order valence-corrected chi connectivity index (χ4v) is 5.42. The molecule has 1 saturated heterocycles. The first-order valence-corrected chi connectivity index (χ1v) is 11.4. The van der Waals surface area contributed by atoms with Crippen molar-refractivity contribution in [2.45, 2.75) is 18.8 Å². The lowest BCUT2D eigenvalue weighted by atomic mass is 9.93. The van der Waals surface area contributed by atoms with Crippen LogP contribution in [0.25, 0.3) is 11.1 Å². The molecule has 6 rings (SSSR count). The number of fused-ring (bicyclic) bond motifs is 3. The molecule has 1 aromatic heterocycles. The number of nitrogens with zero attached hydrogens (tertiary/aromatic N) is 3. The number of ether oxygens (including phenoxy) is 1. The summed E-state index contributed by atoms with van der Waals surface area (Å²) in [5.74, 6) is -2.32. The van der Waals surface area contributed by atoms with Crippen molar-refractivity contribution >= 4 is 23.8 Å². The molecule has 178 valence electrons. The molecule has 35 heavy (non-hydrogen) atoms. The number of nitrogens with one attached hydrogen (secondary N) is 1. The van der Waals surface area contributed by atoms with Crippen molar-refractivity contribution in [1.82, 2.24) is 15.2 Å². The molecule has 1 spiro atoms. The Kier molecular flexibility index (Phi) is 4.84. The first-order chi connectivity index (χ1) is 17.0. The van der Waals surface area contributed by atoms with Gasteiger partial charge in [-0.15, -0.1) is 0 Å². The average molecular weight is 474 g/mol. The molecular weight excluding hydrogens is 452 g/mol. The number of hydrogen-bond acceptors (Lipinski definition) is 7. The first kappa shape index (κ1) is 21.3. The lowest BCUT2D eigenvalue weighted by Crippen LogP contribution is -2.31. The van der Waals surface area contributed by atoms with Gasteiger partial charge in [0.1, 0.15) is 6.61 Å². The maximum atomic E-state index is 13.0. The van der Waals surface area contributed by atoms with E-state index >= 15 is 0 Å². The lowest BCUT2D eigenvalue weighted by Gasteiger charge is -2.15. The van der Waals surface area contributed by atoms with Gasteiger partial charge in [-0.3, -0.25) is 14.9 Å². The zero-order valence-corrected chi connectivity index (χ0v) is 18.6. The van der Waals surface area contributed by atoms with E-state index in [-0.39, 0.29) is 36.0 Å². The quantitative estimate of drug-likeness (QED) is 0.575. The normalized spacial score (nSPS) is 19.3. The number of carbonyl (C=O) groups is 3. The summed E-state index contributed by atoms with van der Waals surface area (Å²) in [5, 5.41) is 19.2. The van der Waals surface area contributed by atoms with Gasteiger partial charge in [0.15, 0.2) is 0 Å². The molecule has 0 radical (unpaired) electrons. The van der Waals surface area contributed by atoms with E-state index in [0.717, 1.165) is 35.1 Å². The summed E-state index contributed by atoms with van der Waals surface area (Å²) in [5.41, 5.74) is 3.85. The van der Waals surface area contributed by atoms with E-state index in [9.17, 15) is 19.5 Å². The first-order valence-electron chi connectivity index (χ1n) is 11.4. The lowest BCUT2D eigenvalue weighted by molar-refractivity contribution is -0.142. The van der Waals surface area contributed by atoms with E-state index in [1.165, 1.54) is 4.90 Å². The van der Waals surface area contributed by atoms with Gasteiger partial charge >= 0.3 is 12.1 Å². The molecule has 3 aliphatic rings. The van der Waals surface area contributed by atoms with Gasteiger partial charge in [0.2, 0.25) is 11.5 Å². The van der Waals surface area contributed by atoms with Gasteiger partial charge in [-0.25, -0.2) is 9.42 Å². The van der Waals surface area contributed by atoms with Crippen LogP contribution in [-0.4, -0.2) is 58.0 Å². The Morgan fingerprint density at radius 2 is 1.71 bits per heavy atom. The second-order valence-electron chi connectivity index (χ2n) is 9.35. The number of aromatic nitrogens is 2. The second-order valence-corrected chi connectivity index (χ2v) is 9.35. The van der Waals surface area contributed by atoms with Crippen LogP contribution >= 0.6 is 0 Å². The van der Waals surface area contributed by atoms with E-state index in [1.54, 1.807) is 0 Å². The zero-order chi connectivity index (χ0) is 24.2. The summed E-state index contributed by atoms with van der Waals surface area (Å²) >= 11 is 0. The number of hydrogen-bond donors (Lipinski definition) is 2. The number of carbonyl (C=O) groups excluding carboxylic acids is 2. The number of carboxylic acids is 1. The monoisotopic (exact) mass is 474 g/mol. The van der Waals surface area contributed by atoms with Crippen molar-refractivity contribution in [3.63, 3.8) is 0 Å². The molecule has 1 unspecified atom stereocenters. The summed E-state index contributed by atoms with van der Waals surface area (Å²) in [7, 11) is 0. The number of likely N-dealkylation sites (tertiary alicyclic amines) is 1. The van der Waals surface area contributed by atoms with Crippen molar-refractivity contribution in [3.05, 3.63) is 65.4 Å². The fourth-order valence-electron chi connectivity index (χ4n) is 5.42. The zero-order valence-electron chi connectivity index (χ0n) is 18.6. The smallest absolute Gasteiger partial charge is 0.412 e. The summed E-state index contributed by atoms with van der Waals surface area (Å²) in [6, 6.07) is 16.0. The fraction of sp³-hybridized carbons (Fsp3) is 0.320. The number of rotatable bonds is 5. The number of anilines is 1. The number of aliphatic carboxylic acids is 1. The van der Waals surface area contributed by atoms with Crippen LogP contribution in [0.4, 0.5) is 10.6 Å². The average Bonchev–Trinajstić information content (AvgIpc) is 3.18. The molecule has 1 saturated carbocycles. The van der Waals surface area contributed by atoms with Crippen molar-refractivity contribution in [2.24, 2.45) is 11.3 Å². The molecule has 2 fully saturated rings. The molecule has 0 bridgehead atoms. The van der Waals surface area contributed by atoms with Crippen molar-refractivity contribution < 1.29 is 28.9 Å². The van der Waals surface area contributed by atoms with Gasteiger partial charge in [-0.05, 0) is 45.4 Å². The van der Waals surface area contributed by atoms with Crippen molar-refractivity contribution in [3.8, 4) is 11.1 Å². The van der Waals surface area contributed by atoms with E-state index < -0.39 is 23.9 Å². The van der Waals surface area contributed by atoms with Crippen LogP contribution in [0.2, 0.25) is 0 Å². The summed E-state index contributed by atoms with van der Waals surface area (Å²) < 4.78 is 10.2. The third-order valence-electron chi connectivity index (χ3n) is 7.38. The third-order valence-corrected chi connectivity index (χ3v) is 7.38. The van der Waals surface area contributed by atoms with E-state index in [2.05, 4.69) is 15.6 Å². The van der Waals surface area contributed by atoms with Crippen LogP contribution in [0.15, 0.2) is 53.2 Å². The highest BCUT2D eigenvalue weighted by Crippen LogP contribution is 2.56. The maximum Gasteiger partial charge on any atom is 0.412 e. The Hall–Kier alpha value is -4.21.